The standard InChI is InChI=1S/C19H26N4OS/c1-2-20-19(23-14-17-10-6-12-25-17)22-13-15-7-5-11-21-18(15)24-16-8-3-4-9-16/h5-7,10-12,16H,2-4,8-9,13-14H2,1H3,(H2,20,22,23). The average Bonchev–Trinajstić information content (AvgIpc) is 3.32. The van der Waals surface area contributed by atoms with Gasteiger partial charge in [-0.1, -0.05) is 12.1 Å². The van der Waals surface area contributed by atoms with Crippen molar-refractivity contribution in [2.45, 2.75) is 51.8 Å². The quantitative estimate of drug-likeness (QED) is 0.585. The lowest BCUT2D eigenvalue weighted by Gasteiger charge is -2.15. The van der Waals surface area contributed by atoms with Crippen LogP contribution in [0.2, 0.25) is 0 Å². The number of thiophene rings is 1. The summed E-state index contributed by atoms with van der Waals surface area (Å²) >= 11 is 1.74. The largest absolute Gasteiger partial charge is 0.474 e. The lowest BCUT2D eigenvalue weighted by atomic mass is 10.2. The normalized spacial score (nSPS) is 15.3. The Hall–Kier alpha value is -2.08. The summed E-state index contributed by atoms with van der Waals surface area (Å²) in [5, 5.41) is 8.75. The Morgan fingerprint density at radius 2 is 2.16 bits per heavy atom. The molecule has 0 unspecified atom stereocenters. The van der Waals surface area contributed by atoms with Crippen LogP contribution in [0.15, 0.2) is 40.8 Å². The van der Waals surface area contributed by atoms with Crippen molar-refractivity contribution in [2.75, 3.05) is 6.54 Å². The number of guanidine groups is 1. The summed E-state index contributed by atoms with van der Waals surface area (Å²) in [5.74, 6) is 1.54. The molecule has 2 aromatic rings. The zero-order valence-corrected chi connectivity index (χ0v) is 15.5. The summed E-state index contributed by atoms with van der Waals surface area (Å²) < 4.78 is 6.10. The van der Waals surface area contributed by atoms with Gasteiger partial charge in [-0.15, -0.1) is 11.3 Å². The molecule has 5 nitrogen and oxygen atoms in total. The van der Waals surface area contributed by atoms with E-state index < -0.39 is 0 Å². The van der Waals surface area contributed by atoms with Crippen molar-refractivity contribution in [1.29, 1.82) is 0 Å². The van der Waals surface area contributed by atoms with Gasteiger partial charge in [0.1, 0.15) is 6.10 Å². The van der Waals surface area contributed by atoms with E-state index >= 15 is 0 Å². The van der Waals surface area contributed by atoms with E-state index in [9.17, 15) is 0 Å². The fourth-order valence-electron chi connectivity index (χ4n) is 2.90. The second-order valence-corrected chi connectivity index (χ2v) is 7.15. The molecule has 2 N–H and O–H groups in total. The molecule has 1 saturated carbocycles. The molecule has 2 heterocycles. The van der Waals surface area contributed by atoms with Crippen molar-refractivity contribution in [2.24, 2.45) is 4.99 Å². The highest BCUT2D eigenvalue weighted by Crippen LogP contribution is 2.25. The lowest BCUT2D eigenvalue weighted by Crippen LogP contribution is -2.36. The maximum atomic E-state index is 6.10. The second kappa shape index (κ2) is 9.42. The zero-order chi connectivity index (χ0) is 17.3. The molecule has 1 aliphatic carbocycles. The Balaban J connectivity index is 1.63. The van der Waals surface area contributed by atoms with Crippen molar-refractivity contribution < 1.29 is 4.74 Å². The first-order valence-corrected chi connectivity index (χ1v) is 9.88. The molecule has 1 fully saturated rings. The van der Waals surface area contributed by atoms with Gasteiger partial charge in [0.25, 0.3) is 0 Å². The number of pyridine rings is 1. The van der Waals surface area contributed by atoms with Crippen LogP contribution < -0.4 is 15.4 Å². The minimum Gasteiger partial charge on any atom is -0.474 e. The smallest absolute Gasteiger partial charge is 0.218 e. The van der Waals surface area contributed by atoms with E-state index in [2.05, 4.69) is 40.1 Å². The van der Waals surface area contributed by atoms with Gasteiger partial charge in [0.05, 0.1) is 13.1 Å². The SMILES string of the molecule is CCNC(=NCc1cccnc1OC1CCCC1)NCc1cccs1. The van der Waals surface area contributed by atoms with Crippen LogP contribution in [0.1, 0.15) is 43.0 Å². The maximum Gasteiger partial charge on any atom is 0.218 e. The molecular formula is C19H26N4OS. The first-order valence-electron chi connectivity index (χ1n) is 9.00. The van der Waals surface area contributed by atoms with Gasteiger partial charge >= 0.3 is 0 Å². The number of rotatable bonds is 7. The number of hydrogen-bond acceptors (Lipinski definition) is 4. The van der Waals surface area contributed by atoms with Gasteiger partial charge in [0.15, 0.2) is 5.96 Å². The van der Waals surface area contributed by atoms with Crippen molar-refractivity contribution >= 4 is 17.3 Å². The van der Waals surface area contributed by atoms with Crippen molar-refractivity contribution in [3.05, 3.63) is 46.3 Å². The van der Waals surface area contributed by atoms with Crippen molar-refractivity contribution in [3.8, 4) is 5.88 Å². The Kier molecular flexibility index (Phi) is 6.68. The van der Waals surface area contributed by atoms with Gasteiger partial charge in [-0.25, -0.2) is 9.98 Å². The molecule has 0 saturated heterocycles. The number of nitrogens with one attached hydrogen (secondary N) is 2. The number of aromatic nitrogens is 1. The third kappa shape index (κ3) is 5.46. The minimum atomic E-state index is 0.308. The molecule has 0 radical (unpaired) electrons. The van der Waals surface area contributed by atoms with Gasteiger partial charge in [-0.2, -0.15) is 0 Å². The molecule has 0 bridgehead atoms. The van der Waals surface area contributed by atoms with Crippen LogP contribution >= 0.6 is 11.3 Å². The monoisotopic (exact) mass is 358 g/mol. The molecule has 0 atom stereocenters. The highest BCUT2D eigenvalue weighted by molar-refractivity contribution is 7.09. The maximum absolute atomic E-state index is 6.10. The van der Waals surface area contributed by atoms with Crippen molar-refractivity contribution in [3.63, 3.8) is 0 Å². The van der Waals surface area contributed by atoms with E-state index in [1.165, 1.54) is 17.7 Å². The van der Waals surface area contributed by atoms with Crippen LogP contribution in [0.3, 0.4) is 0 Å². The minimum absolute atomic E-state index is 0.308. The molecule has 25 heavy (non-hydrogen) atoms. The Morgan fingerprint density at radius 1 is 1.28 bits per heavy atom. The van der Waals surface area contributed by atoms with E-state index in [1.54, 1.807) is 17.5 Å². The van der Waals surface area contributed by atoms with Crippen LogP contribution in [0.25, 0.3) is 0 Å². The first kappa shape index (κ1) is 17.7. The Morgan fingerprint density at radius 3 is 2.92 bits per heavy atom. The highest BCUT2D eigenvalue weighted by Gasteiger charge is 2.18. The second-order valence-electron chi connectivity index (χ2n) is 6.12. The van der Waals surface area contributed by atoms with Crippen LogP contribution in [0.5, 0.6) is 5.88 Å². The molecule has 0 amide bonds. The van der Waals surface area contributed by atoms with Gasteiger partial charge in [-0.05, 0) is 50.1 Å². The Labute approximate surface area is 153 Å². The molecule has 0 aromatic carbocycles. The molecule has 3 rings (SSSR count). The molecular weight excluding hydrogens is 332 g/mol. The van der Waals surface area contributed by atoms with Crippen LogP contribution in [-0.4, -0.2) is 23.6 Å². The molecule has 0 aliphatic heterocycles. The third-order valence-electron chi connectivity index (χ3n) is 4.19. The third-order valence-corrected chi connectivity index (χ3v) is 5.07. The molecule has 1 aliphatic rings. The molecule has 2 aromatic heterocycles. The number of ether oxygens (including phenoxy) is 1. The van der Waals surface area contributed by atoms with Crippen LogP contribution in [-0.2, 0) is 13.1 Å². The van der Waals surface area contributed by atoms with Crippen LogP contribution in [0.4, 0.5) is 0 Å². The summed E-state index contributed by atoms with van der Waals surface area (Å²) in [6, 6.07) is 8.17. The summed E-state index contributed by atoms with van der Waals surface area (Å²) in [4.78, 5) is 10.4. The summed E-state index contributed by atoms with van der Waals surface area (Å²) in [7, 11) is 0. The van der Waals surface area contributed by atoms with Crippen molar-refractivity contribution in [1.82, 2.24) is 15.6 Å². The first-order chi connectivity index (χ1) is 12.3. The summed E-state index contributed by atoms with van der Waals surface area (Å²) in [6.07, 6.45) is 6.86. The van der Waals surface area contributed by atoms with Crippen LogP contribution in [0, 0.1) is 0 Å². The highest BCUT2D eigenvalue weighted by atomic mass is 32.1. The fraction of sp³-hybridized carbons (Fsp3) is 0.474. The van der Waals surface area contributed by atoms with E-state index in [-0.39, 0.29) is 0 Å². The summed E-state index contributed by atoms with van der Waals surface area (Å²) in [5.41, 5.74) is 1.03. The average molecular weight is 359 g/mol. The van der Waals surface area contributed by atoms with E-state index in [0.717, 1.165) is 43.3 Å². The molecule has 134 valence electrons. The predicted molar refractivity (Wildman–Crippen MR) is 103 cm³/mol. The van der Waals surface area contributed by atoms with E-state index in [1.807, 2.05) is 12.1 Å². The molecule has 6 heteroatoms. The summed E-state index contributed by atoms with van der Waals surface area (Å²) in [6.45, 7) is 4.23. The van der Waals surface area contributed by atoms with Gasteiger partial charge in [0, 0.05) is 23.2 Å². The van der Waals surface area contributed by atoms with E-state index in [0.29, 0.717) is 12.6 Å². The lowest BCUT2D eigenvalue weighted by molar-refractivity contribution is 0.199. The number of hydrogen-bond donors (Lipinski definition) is 2. The van der Waals surface area contributed by atoms with Gasteiger partial charge < -0.3 is 15.4 Å². The Bertz CT molecular complexity index is 666. The fourth-order valence-corrected chi connectivity index (χ4v) is 3.55. The van der Waals surface area contributed by atoms with Gasteiger partial charge in [0.2, 0.25) is 5.88 Å². The van der Waals surface area contributed by atoms with E-state index in [4.69, 9.17) is 9.73 Å². The topological polar surface area (TPSA) is 58.5 Å². The molecule has 0 spiro atoms. The predicted octanol–water partition coefficient (Wildman–Crippen LogP) is 3.72. The number of nitrogens with zero attached hydrogens (tertiary/aromatic N) is 2. The zero-order valence-electron chi connectivity index (χ0n) is 14.7. The number of aliphatic imine (C=N–C) groups is 1. The van der Waals surface area contributed by atoms with Gasteiger partial charge in [-0.3, -0.25) is 0 Å².